The number of fused-ring (bicyclic) bond motifs is 18. The molecule has 5 nitrogen and oxygen atoms in total. The monoisotopic (exact) mass is 1120 g/mol. The first-order chi connectivity index (χ1) is 43.5. The van der Waals surface area contributed by atoms with E-state index in [0.29, 0.717) is 23.5 Å². The van der Waals surface area contributed by atoms with Gasteiger partial charge in [0.1, 0.15) is 0 Å². The van der Waals surface area contributed by atoms with Crippen LogP contribution >= 0.6 is 0 Å². The van der Waals surface area contributed by atoms with Crippen LogP contribution in [0.15, 0.2) is 261 Å². The molecule has 0 amide bonds. The van der Waals surface area contributed by atoms with E-state index >= 15 is 0 Å². The predicted octanol–water partition coefficient (Wildman–Crippen LogP) is 21.6. The Morgan fingerprint density at radius 1 is 0.330 bits per heavy atom. The Morgan fingerprint density at radius 2 is 0.795 bits per heavy atom. The van der Waals surface area contributed by atoms with E-state index in [4.69, 9.17) is 15.0 Å². The van der Waals surface area contributed by atoms with Gasteiger partial charge < -0.3 is 4.57 Å². The van der Waals surface area contributed by atoms with Crippen LogP contribution in [0, 0.1) is 5.92 Å². The second-order valence-corrected chi connectivity index (χ2v) is 24.3. The molecule has 0 N–H and O–H groups in total. The van der Waals surface area contributed by atoms with Crippen molar-refractivity contribution in [1.82, 2.24) is 24.1 Å². The van der Waals surface area contributed by atoms with Crippen LogP contribution in [-0.4, -0.2) is 24.1 Å². The lowest BCUT2D eigenvalue weighted by Gasteiger charge is -2.31. The molecule has 0 bridgehead atoms. The highest BCUT2D eigenvalue weighted by Gasteiger charge is 2.31. The van der Waals surface area contributed by atoms with Gasteiger partial charge in [0.05, 0.1) is 22.1 Å². The molecule has 0 saturated heterocycles. The number of benzene rings is 13. The first-order valence-corrected chi connectivity index (χ1v) is 30.8. The molecule has 3 heterocycles. The fourth-order valence-electron chi connectivity index (χ4n) is 15.1. The SMILES string of the molecule is CC1Cc2c3c(c4ccccc4c2C=C1c1nc(-c2ccc4c5ccccc5c5ccccc5c4c2)nc(-n2c4ccccc4c4cc(-c5ccc6c(c5)c5ccccc5n6-c5cc(-c6ccccc6)cc(-c6ccccc6)c5)ccc42)n1)C=CCC3C. The normalized spacial score (nSPS) is 14.9. The third-order valence-corrected chi connectivity index (χ3v) is 19.2. The van der Waals surface area contributed by atoms with Gasteiger partial charge in [-0.15, -0.1) is 0 Å². The van der Waals surface area contributed by atoms with E-state index in [0.717, 1.165) is 68.1 Å². The topological polar surface area (TPSA) is 48.5 Å². The van der Waals surface area contributed by atoms with E-state index in [-0.39, 0.29) is 5.92 Å². The van der Waals surface area contributed by atoms with Gasteiger partial charge >= 0.3 is 0 Å². The van der Waals surface area contributed by atoms with Gasteiger partial charge in [-0.2, -0.15) is 9.97 Å². The zero-order valence-corrected chi connectivity index (χ0v) is 48.8. The van der Waals surface area contributed by atoms with Gasteiger partial charge in [0.25, 0.3) is 0 Å². The van der Waals surface area contributed by atoms with Crippen molar-refractivity contribution < 1.29 is 0 Å². The summed E-state index contributed by atoms with van der Waals surface area (Å²) in [6.45, 7) is 4.75. The van der Waals surface area contributed by atoms with E-state index in [9.17, 15) is 0 Å². The molecule has 5 heteroatoms. The van der Waals surface area contributed by atoms with Gasteiger partial charge in [-0.25, -0.2) is 4.98 Å². The van der Waals surface area contributed by atoms with Gasteiger partial charge in [0, 0.05) is 38.4 Å². The summed E-state index contributed by atoms with van der Waals surface area (Å²) in [5.41, 5.74) is 20.2. The average Bonchev–Trinajstić information content (AvgIpc) is 1.39. The fourth-order valence-corrected chi connectivity index (χ4v) is 15.1. The Kier molecular flexibility index (Phi) is 11.3. The van der Waals surface area contributed by atoms with Crippen molar-refractivity contribution in [1.29, 1.82) is 0 Å². The highest BCUT2D eigenvalue weighted by atomic mass is 15.2. The van der Waals surface area contributed by atoms with E-state index in [1.165, 1.54) is 104 Å². The molecule has 2 unspecified atom stereocenters. The first-order valence-electron chi connectivity index (χ1n) is 30.8. The molecule has 0 radical (unpaired) electrons. The molecule has 18 rings (SSSR count). The van der Waals surface area contributed by atoms with Crippen molar-refractivity contribution in [2.45, 2.75) is 32.6 Å². The Bertz CT molecular complexity index is 5570. The lowest BCUT2D eigenvalue weighted by Crippen LogP contribution is -2.18. The highest BCUT2D eigenvalue weighted by Crippen LogP contribution is 2.47. The number of hydrogen-bond donors (Lipinski definition) is 0. The van der Waals surface area contributed by atoms with Crippen molar-refractivity contribution in [3.63, 3.8) is 0 Å². The van der Waals surface area contributed by atoms with Gasteiger partial charge in [-0.1, -0.05) is 220 Å². The second kappa shape index (κ2) is 19.8. The van der Waals surface area contributed by atoms with Crippen LogP contribution < -0.4 is 0 Å². The fraction of sp³-hybridized carbons (Fsp3) is 0.0723. The van der Waals surface area contributed by atoms with Crippen LogP contribution in [0.1, 0.15) is 54.3 Å². The minimum absolute atomic E-state index is 0.143. The summed E-state index contributed by atoms with van der Waals surface area (Å²) in [5.74, 6) is 2.51. The molecule has 414 valence electrons. The number of aromatic nitrogens is 5. The standard InChI is InChI=1S/C83H57N5/c1-50-20-19-33-69-63-28-12-14-30-65(63)72-49-70(51(2)42-75(72)80(50)69)82-84-81(56-36-39-66-62-27-10-9-25-60(62)61-26-11-13-29-64(61)71(66)48-56)85-83(86-82)88-77-35-18-16-32-68(77)74-47-55(38-41-79(74)88)54-37-40-78-73(46-54)67-31-15-17-34-76(67)87(78)59-44-57(52-21-5-3-6-22-52)43-58(45-59)53-23-7-4-8-24-53/h3-19,21-41,43-51H,20,42H2,1-2H3. The molecule has 0 saturated carbocycles. The number of rotatable bonds is 7. The third kappa shape index (κ3) is 7.83. The van der Waals surface area contributed by atoms with Crippen LogP contribution in [0.2, 0.25) is 0 Å². The average molecular weight is 1120 g/mol. The maximum atomic E-state index is 5.66. The summed E-state index contributed by atoms with van der Waals surface area (Å²) >= 11 is 0. The van der Waals surface area contributed by atoms with Crippen molar-refractivity contribution >= 4 is 104 Å². The lowest BCUT2D eigenvalue weighted by molar-refractivity contribution is 0.695. The second-order valence-electron chi connectivity index (χ2n) is 24.3. The van der Waals surface area contributed by atoms with E-state index < -0.39 is 0 Å². The number of hydrogen-bond acceptors (Lipinski definition) is 3. The number of para-hydroxylation sites is 2. The first kappa shape index (κ1) is 50.3. The van der Waals surface area contributed by atoms with Gasteiger partial charge in [-0.3, -0.25) is 4.57 Å². The Balaban J connectivity index is 0.823. The molecule has 2 atom stereocenters. The third-order valence-electron chi connectivity index (χ3n) is 19.2. The quantitative estimate of drug-likeness (QED) is 0.149. The molecule has 3 aromatic heterocycles. The molecular weight excluding hydrogens is 1070 g/mol. The number of nitrogens with zero attached hydrogens (tertiary/aromatic N) is 5. The molecular formula is C83H57N5. The summed E-state index contributed by atoms with van der Waals surface area (Å²) in [7, 11) is 0. The summed E-state index contributed by atoms with van der Waals surface area (Å²) in [6.07, 6.45) is 9.09. The maximum absolute atomic E-state index is 5.66. The number of allylic oxidation sites excluding steroid dienone is 2. The minimum Gasteiger partial charge on any atom is -0.309 e. The van der Waals surface area contributed by atoms with E-state index in [1.54, 1.807) is 0 Å². The summed E-state index contributed by atoms with van der Waals surface area (Å²) in [4.78, 5) is 16.8. The molecule has 2 aliphatic rings. The predicted molar refractivity (Wildman–Crippen MR) is 370 cm³/mol. The van der Waals surface area contributed by atoms with Crippen molar-refractivity contribution in [3.05, 3.63) is 289 Å². The largest absolute Gasteiger partial charge is 0.309 e. The molecule has 16 aromatic rings. The summed E-state index contributed by atoms with van der Waals surface area (Å²) < 4.78 is 4.72. The van der Waals surface area contributed by atoms with Gasteiger partial charge in [-0.05, 0) is 190 Å². The Morgan fingerprint density at radius 3 is 1.41 bits per heavy atom. The zero-order valence-electron chi connectivity index (χ0n) is 48.8. The van der Waals surface area contributed by atoms with Gasteiger partial charge in [0.2, 0.25) is 5.95 Å². The van der Waals surface area contributed by atoms with E-state index in [2.05, 4.69) is 296 Å². The van der Waals surface area contributed by atoms with Crippen molar-refractivity contribution in [3.8, 4) is 56.4 Å². The van der Waals surface area contributed by atoms with Crippen LogP contribution in [0.4, 0.5) is 0 Å². The van der Waals surface area contributed by atoms with Gasteiger partial charge in [0.15, 0.2) is 11.6 Å². The molecule has 2 aliphatic carbocycles. The zero-order chi connectivity index (χ0) is 58.1. The smallest absolute Gasteiger partial charge is 0.238 e. The molecule has 0 spiro atoms. The van der Waals surface area contributed by atoms with Crippen LogP contribution in [0.25, 0.3) is 161 Å². The highest BCUT2D eigenvalue weighted by molar-refractivity contribution is 6.26. The Hall–Kier alpha value is -11.0. The summed E-state index contributed by atoms with van der Waals surface area (Å²) in [5, 5.41) is 14.6. The molecule has 0 aliphatic heterocycles. The maximum Gasteiger partial charge on any atom is 0.238 e. The minimum atomic E-state index is 0.143. The molecule has 0 fully saturated rings. The Labute approximate surface area is 509 Å². The van der Waals surface area contributed by atoms with Crippen LogP contribution in [0.3, 0.4) is 0 Å². The van der Waals surface area contributed by atoms with Crippen LogP contribution in [0.5, 0.6) is 0 Å². The van der Waals surface area contributed by atoms with Crippen molar-refractivity contribution in [2.75, 3.05) is 0 Å². The molecule has 13 aromatic carbocycles. The lowest BCUT2D eigenvalue weighted by atomic mass is 9.73. The summed E-state index contributed by atoms with van der Waals surface area (Å²) in [6, 6.07) is 93.3. The molecule has 88 heavy (non-hydrogen) atoms. The van der Waals surface area contributed by atoms with E-state index in [1.807, 2.05) is 0 Å². The van der Waals surface area contributed by atoms with Crippen LogP contribution in [-0.2, 0) is 6.42 Å². The van der Waals surface area contributed by atoms with Crippen molar-refractivity contribution in [2.24, 2.45) is 5.92 Å².